The van der Waals surface area contributed by atoms with Gasteiger partial charge in [0.05, 0.1) is 5.52 Å². The molecule has 0 radical (unpaired) electrons. The van der Waals surface area contributed by atoms with E-state index in [9.17, 15) is 4.79 Å². The number of rotatable bonds is 0. The Morgan fingerprint density at radius 2 is 2.05 bits per heavy atom. The van der Waals surface area contributed by atoms with E-state index >= 15 is 0 Å². The average Bonchev–Trinajstić information content (AvgIpc) is 3.01. The second-order valence-corrected chi connectivity index (χ2v) is 5.32. The molecule has 0 bridgehead atoms. The highest BCUT2D eigenvalue weighted by molar-refractivity contribution is 5.96. The standard InChI is InChI=1S/C14H16N2.C3H7NO/c1-4-10-5-6-11-7-8-12-13(14(10)11)9(2)16(3)15-12;1-3(5)4-2/h4,7-8H,5-6H2,1-3H3;1-2H3,(H,4,5)/b10-4+;. The van der Waals surface area contributed by atoms with E-state index in [0.717, 1.165) is 5.52 Å². The van der Waals surface area contributed by atoms with Crippen molar-refractivity contribution in [2.45, 2.75) is 33.6 Å². The highest BCUT2D eigenvalue weighted by atomic mass is 16.1. The summed E-state index contributed by atoms with van der Waals surface area (Å²) in [6, 6.07) is 4.39. The third kappa shape index (κ3) is 2.84. The second kappa shape index (κ2) is 6.12. The number of hydrogen-bond acceptors (Lipinski definition) is 2. The maximum atomic E-state index is 9.70. The Morgan fingerprint density at radius 1 is 1.38 bits per heavy atom. The molecule has 2 aromatic rings. The van der Waals surface area contributed by atoms with E-state index in [4.69, 9.17) is 0 Å². The van der Waals surface area contributed by atoms with Crippen LogP contribution in [0.3, 0.4) is 0 Å². The molecule has 1 aliphatic carbocycles. The minimum absolute atomic E-state index is 0.00463. The zero-order valence-corrected chi connectivity index (χ0v) is 13.4. The SMILES string of the molecule is C/C=C1\CCc2ccc3nn(C)c(C)c3c21.CNC(C)=O. The Balaban J connectivity index is 0.000000282. The molecule has 112 valence electrons. The largest absolute Gasteiger partial charge is 0.359 e. The number of carbonyl (C=O) groups excluding carboxylic acids is 1. The van der Waals surface area contributed by atoms with Gasteiger partial charge in [-0.15, -0.1) is 0 Å². The fourth-order valence-corrected chi connectivity index (χ4v) is 2.74. The molecule has 1 aromatic carbocycles. The van der Waals surface area contributed by atoms with Gasteiger partial charge in [0.2, 0.25) is 5.91 Å². The van der Waals surface area contributed by atoms with Crippen LogP contribution in [-0.2, 0) is 18.3 Å². The summed E-state index contributed by atoms with van der Waals surface area (Å²) < 4.78 is 1.98. The van der Waals surface area contributed by atoms with Gasteiger partial charge in [0.15, 0.2) is 0 Å². The van der Waals surface area contributed by atoms with E-state index in [1.807, 2.05) is 11.7 Å². The molecule has 1 aliphatic rings. The first kappa shape index (κ1) is 15.3. The van der Waals surface area contributed by atoms with Gasteiger partial charge in [0, 0.05) is 32.1 Å². The number of allylic oxidation sites excluding steroid dienone is 2. The lowest BCUT2D eigenvalue weighted by Crippen LogP contribution is -2.11. The Morgan fingerprint density at radius 3 is 2.62 bits per heavy atom. The van der Waals surface area contributed by atoms with Crippen LogP contribution < -0.4 is 5.32 Å². The summed E-state index contributed by atoms with van der Waals surface area (Å²) in [7, 11) is 3.62. The number of benzene rings is 1. The molecule has 0 fully saturated rings. The average molecular weight is 285 g/mol. The maximum absolute atomic E-state index is 9.70. The molecule has 1 heterocycles. The van der Waals surface area contributed by atoms with Crippen LogP contribution in [0, 0.1) is 6.92 Å². The van der Waals surface area contributed by atoms with Crippen molar-refractivity contribution in [1.29, 1.82) is 0 Å². The number of nitrogens with zero attached hydrogens (tertiary/aromatic N) is 2. The predicted molar refractivity (Wildman–Crippen MR) is 87.2 cm³/mol. The number of aromatic nitrogens is 2. The molecule has 1 aromatic heterocycles. The summed E-state index contributed by atoms with van der Waals surface area (Å²) in [5, 5.41) is 8.29. The molecule has 0 atom stereocenters. The van der Waals surface area contributed by atoms with E-state index in [1.54, 1.807) is 7.05 Å². The summed E-state index contributed by atoms with van der Waals surface area (Å²) in [5.41, 5.74) is 6.81. The van der Waals surface area contributed by atoms with Gasteiger partial charge in [-0.3, -0.25) is 9.48 Å². The third-order valence-corrected chi connectivity index (χ3v) is 4.06. The molecule has 1 amide bonds. The Labute approximate surface area is 125 Å². The van der Waals surface area contributed by atoms with Crippen molar-refractivity contribution < 1.29 is 4.79 Å². The van der Waals surface area contributed by atoms with Gasteiger partial charge in [-0.05, 0) is 49.5 Å². The van der Waals surface area contributed by atoms with E-state index in [-0.39, 0.29) is 5.91 Å². The number of fused-ring (bicyclic) bond motifs is 3. The highest BCUT2D eigenvalue weighted by Gasteiger charge is 2.21. The first-order chi connectivity index (χ1) is 9.99. The first-order valence-electron chi connectivity index (χ1n) is 7.28. The first-order valence-corrected chi connectivity index (χ1v) is 7.28. The van der Waals surface area contributed by atoms with Crippen LogP contribution in [0.15, 0.2) is 18.2 Å². The molecule has 4 nitrogen and oxygen atoms in total. The minimum atomic E-state index is 0.00463. The van der Waals surface area contributed by atoms with Crippen molar-refractivity contribution in [2.75, 3.05) is 7.05 Å². The fourth-order valence-electron chi connectivity index (χ4n) is 2.74. The maximum Gasteiger partial charge on any atom is 0.216 e. The molecule has 1 N–H and O–H groups in total. The van der Waals surface area contributed by atoms with Gasteiger partial charge in [-0.25, -0.2) is 0 Å². The van der Waals surface area contributed by atoms with Gasteiger partial charge < -0.3 is 5.32 Å². The van der Waals surface area contributed by atoms with Crippen LogP contribution in [0.5, 0.6) is 0 Å². The van der Waals surface area contributed by atoms with Crippen molar-refractivity contribution in [1.82, 2.24) is 15.1 Å². The van der Waals surface area contributed by atoms with Crippen molar-refractivity contribution in [3.05, 3.63) is 35.0 Å². The number of hydrogen-bond donors (Lipinski definition) is 1. The molecule has 0 unspecified atom stereocenters. The van der Waals surface area contributed by atoms with Gasteiger partial charge in [-0.2, -0.15) is 5.10 Å². The lowest BCUT2D eigenvalue weighted by molar-refractivity contribution is -0.118. The molecular formula is C17H23N3O. The molecule has 21 heavy (non-hydrogen) atoms. The van der Waals surface area contributed by atoms with Gasteiger partial charge >= 0.3 is 0 Å². The van der Waals surface area contributed by atoms with E-state index < -0.39 is 0 Å². The molecule has 4 heteroatoms. The van der Waals surface area contributed by atoms with Gasteiger partial charge in [0.1, 0.15) is 0 Å². The molecule has 0 spiro atoms. The second-order valence-electron chi connectivity index (χ2n) is 5.32. The lowest BCUT2D eigenvalue weighted by Gasteiger charge is -2.03. The van der Waals surface area contributed by atoms with Crippen LogP contribution in [-0.4, -0.2) is 22.7 Å². The van der Waals surface area contributed by atoms with Crippen LogP contribution >= 0.6 is 0 Å². The summed E-state index contributed by atoms with van der Waals surface area (Å²) >= 11 is 0. The zero-order chi connectivity index (χ0) is 15.6. The van der Waals surface area contributed by atoms with Crippen molar-refractivity contribution in [2.24, 2.45) is 7.05 Å². The number of aryl methyl sites for hydroxylation is 3. The summed E-state index contributed by atoms with van der Waals surface area (Å²) in [4.78, 5) is 9.70. The molecular weight excluding hydrogens is 262 g/mol. The number of carbonyl (C=O) groups is 1. The number of nitrogens with one attached hydrogen (secondary N) is 1. The monoisotopic (exact) mass is 285 g/mol. The van der Waals surface area contributed by atoms with Crippen molar-refractivity contribution in [3.8, 4) is 0 Å². The normalized spacial score (nSPS) is 14.8. The topological polar surface area (TPSA) is 46.9 Å². The molecule has 0 saturated carbocycles. The summed E-state index contributed by atoms with van der Waals surface area (Å²) in [5.74, 6) is 0.00463. The van der Waals surface area contributed by atoms with E-state index in [1.165, 1.54) is 47.5 Å². The van der Waals surface area contributed by atoms with Crippen molar-refractivity contribution >= 4 is 22.4 Å². The number of amides is 1. The molecule has 3 rings (SSSR count). The van der Waals surface area contributed by atoms with E-state index in [0.29, 0.717) is 0 Å². The summed E-state index contributed by atoms with van der Waals surface area (Å²) in [6.45, 7) is 5.76. The lowest BCUT2D eigenvalue weighted by atomic mass is 10.0. The quantitative estimate of drug-likeness (QED) is 0.809. The van der Waals surface area contributed by atoms with Crippen LogP contribution in [0.1, 0.15) is 37.1 Å². The van der Waals surface area contributed by atoms with Gasteiger partial charge in [-0.1, -0.05) is 12.1 Å². The Kier molecular flexibility index (Phi) is 4.46. The van der Waals surface area contributed by atoms with Crippen LogP contribution in [0.2, 0.25) is 0 Å². The molecule has 0 aliphatic heterocycles. The predicted octanol–water partition coefficient (Wildman–Crippen LogP) is 2.98. The molecule has 0 saturated heterocycles. The van der Waals surface area contributed by atoms with E-state index in [2.05, 4.69) is 42.5 Å². The van der Waals surface area contributed by atoms with Crippen LogP contribution in [0.25, 0.3) is 16.5 Å². The van der Waals surface area contributed by atoms with Crippen molar-refractivity contribution in [3.63, 3.8) is 0 Å². The van der Waals surface area contributed by atoms with Crippen LogP contribution in [0.4, 0.5) is 0 Å². The minimum Gasteiger partial charge on any atom is -0.359 e. The Hall–Kier alpha value is -2.10. The third-order valence-electron chi connectivity index (χ3n) is 4.06. The zero-order valence-electron chi connectivity index (χ0n) is 13.4. The highest BCUT2D eigenvalue weighted by Crippen LogP contribution is 2.38. The fraction of sp³-hybridized carbons (Fsp3) is 0.412. The van der Waals surface area contributed by atoms with Gasteiger partial charge in [0.25, 0.3) is 0 Å². The smallest absolute Gasteiger partial charge is 0.216 e. The summed E-state index contributed by atoms with van der Waals surface area (Å²) in [6.07, 6.45) is 4.61. The Bertz CT molecular complexity index is 710.